The molecule has 0 spiro atoms. The first-order valence-electron chi connectivity index (χ1n) is 9.28. The number of piperazine rings is 1. The minimum Gasteiger partial charge on any atom is -0.355 e. The highest BCUT2D eigenvalue weighted by atomic mass is 35.5. The zero-order valence-corrected chi connectivity index (χ0v) is 16.8. The average Bonchev–Trinajstić information content (AvgIpc) is 2.79. The van der Waals surface area contributed by atoms with Crippen LogP contribution < -0.4 is 15.5 Å². The minimum atomic E-state index is 0.736. The van der Waals surface area contributed by atoms with Crippen molar-refractivity contribution >= 4 is 28.8 Å². The van der Waals surface area contributed by atoms with Crippen LogP contribution >= 0.6 is 11.6 Å². The van der Waals surface area contributed by atoms with Crippen molar-refractivity contribution in [2.24, 2.45) is 4.99 Å². The average molecular weight is 371 g/mol. The first kappa shape index (κ1) is 18.7. The van der Waals surface area contributed by atoms with Gasteiger partial charge in [-0.1, -0.05) is 37.6 Å². The van der Waals surface area contributed by atoms with Crippen LogP contribution in [-0.2, 0) is 0 Å². The van der Waals surface area contributed by atoms with Gasteiger partial charge in [0, 0.05) is 43.5 Å². The highest BCUT2D eigenvalue weighted by Gasteiger charge is 2.23. The number of halogens is 1. The van der Waals surface area contributed by atoms with E-state index in [9.17, 15) is 0 Å². The van der Waals surface area contributed by atoms with E-state index in [1.54, 1.807) is 0 Å². The van der Waals surface area contributed by atoms with Crippen molar-refractivity contribution in [3.05, 3.63) is 58.1 Å². The van der Waals surface area contributed by atoms with E-state index in [2.05, 4.69) is 47.0 Å². The zero-order chi connectivity index (χ0) is 18.7. The van der Waals surface area contributed by atoms with Crippen molar-refractivity contribution < 1.29 is 0 Å². The van der Waals surface area contributed by atoms with Crippen molar-refractivity contribution in [3.8, 4) is 0 Å². The summed E-state index contributed by atoms with van der Waals surface area (Å²) in [5, 5.41) is 2.93. The lowest BCUT2D eigenvalue weighted by Crippen LogP contribution is -2.49. The van der Waals surface area contributed by atoms with Crippen LogP contribution in [0.1, 0.15) is 13.8 Å². The van der Waals surface area contributed by atoms with Crippen LogP contribution in [0.15, 0.2) is 47.5 Å². The minimum absolute atomic E-state index is 0.736. The summed E-state index contributed by atoms with van der Waals surface area (Å²) in [6, 6.07) is 14.3. The number of anilines is 1. The van der Waals surface area contributed by atoms with Crippen LogP contribution in [0.5, 0.6) is 0 Å². The van der Waals surface area contributed by atoms with Gasteiger partial charge in [-0.15, -0.1) is 0 Å². The van der Waals surface area contributed by atoms with E-state index in [1.165, 1.54) is 11.0 Å². The standard InChI is InChI=1S/C19H21ClN4.C2H6/c1-22-9-11-24(12-10-22)19-15-5-3-4-6-16(15)21-17-8-7-14(20)13-18(17)23(19)2;1-2/h3-8,13H,9-12H2,1-2H3;1-2H3. The van der Waals surface area contributed by atoms with Crippen LogP contribution in [0.2, 0.25) is 5.02 Å². The zero-order valence-electron chi connectivity index (χ0n) is 16.0. The van der Waals surface area contributed by atoms with Gasteiger partial charge in [-0.2, -0.15) is 0 Å². The second kappa shape index (κ2) is 8.11. The van der Waals surface area contributed by atoms with Gasteiger partial charge in [0.2, 0.25) is 0 Å². The molecule has 0 atom stereocenters. The Hall–Kier alpha value is -2.04. The van der Waals surface area contributed by atoms with Crippen molar-refractivity contribution in [3.63, 3.8) is 0 Å². The molecular formula is C21H27ClN4. The summed E-state index contributed by atoms with van der Waals surface area (Å²) in [6.07, 6.45) is 0. The number of hydrogen-bond acceptors (Lipinski definition) is 4. The van der Waals surface area contributed by atoms with Gasteiger partial charge >= 0.3 is 0 Å². The maximum Gasteiger partial charge on any atom is 0.118 e. The molecule has 0 aromatic heterocycles. The summed E-state index contributed by atoms with van der Waals surface area (Å²) in [4.78, 5) is 12.0. The van der Waals surface area contributed by atoms with Crippen LogP contribution in [0, 0.1) is 0 Å². The molecule has 0 radical (unpaired) electrons. The summed E-state index contributed by atoms with van der Waals surface area (Å²) < 4.78 is 0. The molecule has 2 aliphatic rings. The summed E-state index contributed by atoms with van der Waals surface area (Å²) in [5.74, 6) is 1.21. The number of fused-ring (bicyclic) bond motifs is 2. The van der Waals surface area contributed by atoms with Gasteiger partial charge in [0.1, 0.15) is 5.82 Å². The van der Waals surface area contributed by atoms with Crippen molar-refractivity contribution in [2.45, 2.75) is 13.8 Å². The molecule has 2 aromatic rings. The molecule has 4 nitrogen and oxygen atoms in total. The molecule has 0 saturated carbocycles. The molecular weight excluding hydrogens is 344 g/mol. The Morgan fingerprint density at radius 3 is 2.35 bits per heavy atom. The van der Waals surface area contributed by atoms with E-state index >= 15 is 0 Å². The van der Waals surface area contributed by atoms with E-state index in [4.69, 9.17) is 16.6 Å². The second-order valence-electron chi connectivity index (χ2n) is 6.43. The Morgan fingerprint density at radius 2 is 1.62 bits per heavy atom. The fourth-order valence-electron chi connectivity index (χ4n) is 3.45. The molecule has 1 saturated heterocycles. The van der Waals surface area contributed by atoms with Crippen LogP contribution in [0.3, 0.4) is 0 Å². The summed E-state index contributed by atoms with van der Waals surface area (Å²) >= 11 is 6.26. The molecule has 0 bridgehead atoms. The first-order chi connectivity index (χ1) is 12.6. The van der Waals surface area contributed by atoms with Crippen LogP contribution in [0.25, 0.3) is 5.82 Å². The van der Waals surface area contributed by atoms with E-state index in [-0.39, 0.29) is 0 Å². The smallest absolute Gasteiger partial charge is 0.118 e. The fraction of sp³-hybridized carbons (Fsp3) is 0.381. The van der Waals surface area contributed by atoms with Crippen molar-refractivity contribution in [2.75, 3.05) is 45.2 Å². The van der Waals surface area contributed by atoms with Gasteiger partial charge < -0.3 is 14.7 Å². The Morgan fingerprint density at radius 1 is 0.923 bits per heavy atom. The first-order valence-corrected chi connectivity index (χ1v) is 9.66. The summed E-state index contributed by atoms with van der Waals surface area (Å²) in [6.45, 7) is 8.17. The fourth-order valence-corrected chi connectivity index (χ4v) is 3.61. The normalized spacial score (nSPS) is 16.7. The number of para-hydroxylation sites is 1. The van der Waals surface area contributed by atoms with Gasteiger partial charge in [0.15, 0.2) is 0 Å². The predicted octanol–water partition coefficient (Wildman–Crippen LogP) is 3.08. The topological polar surface area (TPSA) is 22.1 Å². The molecule has 0 N–H and O–H groups in total. The van der Waals surface area contributed by atoms with Gasteiger partial charge in [-0.3, -0.25) is 0 Å². The van der Waals surface area contributed by atoms with Gasteiger partial charge in [0.05, 0.1) is 16.7 Å². The molecule has 0 aliphatic carbocycles. The molecule has 2 heterocycles. The molecule has 1 fully saturated rings. The molecule has 138 valence electrons. The third-order valence-corrected chi connectivity index (χ3v) is 5.04. The largest absolute Gasteiger partial charge is 0.355 e. The molecule has 2 aromatic carbocycles. The number of benzene rings is 2. The lowest BCUT2D eigenvalue weighted by Gasteiger charge is -2.39. The maximum absolute atomic E-state index is 6.26. The lowest BCUT2D eigenvalue weighted by atomic mass is 10.2. The third kappa shape index (κ3) is 3.57. The molecule has 4 rings (SSSR count). The van der Waals surface area contributed by atoms with Gasteiger partial charge in [-0.25, -0.2) is 4.99 Å². The van der Waals surface area contributed by atoms with Gasteiger partial charge in [-0.05, 0) is 37.4 Å². The number of nitrogens with zero attached hydrogens (tertiary/aromatic N) is 4. The molecule has 0 amide bonds. The van der Waals surface area contributed by atoms with Crippen LogP contribution in [0.4, 0.5) is 11.4 Å². The second-order valence-corrected chi connectivity index (χ2v) is 6.87. The van der Waals surface area contributed by atoms with Gasteiger partial charge in [0.25, 0.3) is 0 Å². The molecule has 5 heteroatoms. The van der Waals surface area contributed by atoms with Crippen LogP contribution in [-0.4, -0.2) is 50.1 Å². The molecule has 0 unspecified atom stereocenters. The number of hydrogen-bond donors (Lipinski definition) is 0. The van der Waals surface area contributed by atoms with Crippen molar-refractivity contribution in [1.82, 2.24) is 9.80 Å². The van der Waals surface area contributed by atoms with E-state index in [1.807, 2.05) is 38.1 Å². The van der Waals surface area contributed by atoms with Crippen molar-refractivity contribution in [1.29, 1.82) is 0 Å². The summed E-state index contributed by atoms with van der Waals surface area (Å²) in [7, 11) is 4.29. The Kier molecular flexibility index (Phi) is 5.84. The van der Waals surface area contributed by atoms with E-state index < -0.39 is 0 Å². The number of likely N-dealkylation sites (N-methyl/N-ethyl adjacent to an activating group) is 1. The monoisotopic (exact) mass is 370 g/mol. The molecule has 26 heavy (non-hydrogen) atoms. The highest BCUT2D eigenvalue weighted by Crippen LogP contribution is 2.34. The Bertz CT molecular complexity index is 885. The lowest BCUT2D eigenvalue weighted by molar-refractivity contribution is 0.203. The maximum atomic E-state index is 6.26. The molecule has 2 aliphatic heterocycles. The predicted molar refractivity (Wildman–Crippen MR) is 111 cm³/mol. The van der Waals surface area contributed by atoms with E-state index in [0.717, 1.165) is 47.9 Å². The third-order valence-electron chi connectivity index (χ3n) is 4.81. The Balaban J connectivity index is 0.000000948. The summed E-state index contributed by atoms with van der Waals surface area (Å²) in [5.41, 5.74) is 2.01. The highest BCUT2D eigenvalue weighted by molar-refractivity contribution is 6.31. The van der Waals surface area contributed by atoms with E-state index in [0.29, 0.717) is 0 Å². The SMILES string of the molecule is CC.CN1CCN(C2=c3ccccc3=Nc3ccc(Cl)cc3N2C)CC1. The number of rotatable bonds is 1. The Labute approximate surface area is 161 Å². The quantitative estimate of drug-likeness (QED) is 0.770.